The lowest BCUT2D eigenvalue weighted by Crippen LogP contribution is -2.29. The molecule has 1 N–H and O–H groups in total. The standard InChI is InChI=1S/C22H23N3O2S/c1-14(2)26-17-10-8-16(9-11-17)25-21(19-12-7-15(3)27-19)20(24-22(25)28)18-6-4-5-13-23-18/h4-14,20-21H,1-3H3,(H,24,28)/t20-,21-/m1/s1. The number of rotatable bonds is 5. The number of thiocarbonyl (C=S) groups is 1. The zero-order chi connectivity index (χ0) is 19.7. The first-order valence-electron chi connectivity index (χ1n) is 9.36. The molecule has 1 fully saturated rings. The van der Waals surface area contributed by atoms with Gasteiger partial charge in [0, 0.05) is 11.9 Å². The second kappa shape index (κ2) is 7.64. The predicted octanol–water partition coefficient (Wildman–Crippen LogP) is 4.95. The van der Waals surface area contributed by atoms with Gasteiger partial charge in [-0.25, -0.2) is 0 Å². The van der Waals surface area contributed by atoms with E-state index < -0.39 is 0 Å². The van der Waals surface area contributed by atoms with Crippen LogP contribution in [0, 0.1) is 6.92 Å². The molecule has 0 amide bonds. The molecular weight excluding hydrogens is 370 g/mol. The lowest BCUT2D eigenvalue weighted by Gasteiger charge is -2.26. The smallest absolute Gasteiger partial charge is 0.174 e. The highest BCUT2D eigenvalue weighted by molar-refractivity contribution is 7.80. The SMILES string of the molecule is Cc1ccc([C@@H]2[C@@H](c3ccccn3)NC(=S)N2c2ccc(OC(C)C)cc2)o1. The zero-order valence-electron chi connectivity index (χ0n) is 16.1. The van der Waals surface area contributed by atoms with Gasteiger partial charge in [0.05, 0.1) is 17.8 Å². The van der Waals surface area contributed by atoms with Gasteiger partial charge < -0.3 is 19.4 Å². The molecule has 0 radical (unpaired) electrons. The first kappa shape index (κ1) is 18.5. The minimum absolute atomic E-state index is 0.106. The van der Waals surface area contributed by atoms with E-state index in [0.29, 0.717) is 5.11 Å². The minimum Gasteiger partial charge on any atom is -0.491 e. The van der Waals surface area contributed by atoms with Crippen molar-refractivity contribution < 1.29 is 9.15 Å². The number of hydrogen-bond donors (Lipinski definition) is 1. The highest BCUT2D eigenvalue weighted by atomic mass is 32.1. The van der Waals surface area contributed by atoms with E-state index in [4.69, 9.17) is 21.4 Å². The van der Waals surface area contributed by atoms with E-state index in [0.717, 1.165) is 28.7 Å². The van der Waals surface area contributed by atoms with Crippen molar-refractivity contribution >= 4 is 23.0 Å². The summed E-state index contributed by atoms with van der Waals surface area (Å²) in [5.74, 6) is 2.56. The largest absolute Gasteiger partial charge is 0.491 e. The molecule has 1 aliphatic heterocycles. The number of aromatic nitrogens is 1. The third kappa shape index (κ3) is 3.60. The molecule has 3 heterocycles. The molecule has 5 nitrogen and oxygen atoms in total. The van der Waals surface area contributed by atoms with Crippen LogP contribution in [-0.4, -0.2) is 16.2 Å². The molecule has 1 aromatic carbocycles. The Balaban J connectivity index is 1.73. The highest BCUT2D eigenvalue weighted by Gasteiger charge is 2.42. The first-order chi connectivity index (χ1) is 13.5. The van der Waals surface area contributed by atoms with Gasteiger partial charge in [0.15, 0.2) is 5.11 Å². The maximum Gasteiger partial charge on any atom is 0.174 e. The van der Waals surface area contributed by atoms with Crippen molar-refractivity contribution in [2.45, 2.75) is 39.0 Å². The van der Waals surface area contributed by atoms with Crippen LogP contribution in [0.25, 0.3) is 0 Å². The summed E-state index contributed by atoms with van der Waals surface area (Å²) >= 11 is 5.70. The summed E-state index contributed by atoms with van der Waals surface area (Å²) in [6, 6.07) is 17.6. The molecule has 0 saturated carbocycles. The molecule has 2 atom stereocenters. The number of nitrogens with zero attached hydrogens (tertiary/aromatic N) is 2. The van der Waals surface area contributed by atoms with Crippen molar-refractivity contribution in [3.63, 3.8) is 0 Å². The summed E-state index contributed by atoms with van der Waals surface area (Å²) < 4.78 is 11.8. The maximum atomic E-state index is 6.00. The van der Waals surface area contributed by atoms with E-state index in [1.165, 1.54) is 0 Å². The average Bonchev–Trinajstić information content (AvgIpc) is 3.26. The fourth-order valence-electron chi connectivity index (χ4n) is 3.49. The molecule has 28 heavy (non-hydrogen) atoms. The number of ether oxygens (including phenoxy) is 1. The van der Waals surface area contributed by atoms with Crippen LogP contribution in [0.2, 0.25) is 0 Å². The third-order valence-electron chi connectivity index (χ3n) is 4.64. The number of nitrogens with one attached hydrogen (secondary N) is 1. The molecule has 0 aliphatic carbocycles. The van der Waals surface area contributed by atoms with E-state index in [-0.39, 0.29) is 18.2 Å². The van der Waals surface area contributed by atoms with Crippen molar-refractivity contribution in [3.8, 4) is 5.75 Å². The molecule has 6 heteroatoms. The Labute approximate surface area is 170 Å². The van der Waals surface area contributed by atoms with Crippen LogP contribution < -0.4 is 15.0 Å². The summed E-state index contributed by atoms with van der Waals surface area (Å²) in [4.78, 5) is 6.63. The second-order valence-corrected chi connectivity index (χ2v) is 7.49. The highest BCUT2D eigenvalue weighted by Crippen LogP contribution is 2.42. The van der Waals surface area contributed by atoms with Crippen LogP contribution in [0.4, 0.5) is 5.69 Å². The number of benzene rings is 1. The molecule has 0 spiro atoms. The van der Waals surface area contributed by atoms with Gasteiger partial charge in [0.25, 0.3) is 0 Å². The first-order valence-corrected chi connectivity index (χ1v) is 9.77. The van der Waals surface area contributed by atoms with Gasteiger partial charge in [0.2, 0.25) is 0 Å². The van der Waals surface area contributed by atoms with E-state index in [1.807, 2.05) is 75.4 Å². The Kier molecular flexibility index (Phi) is 5.05. The van der Waals surface area contributed by atoms with Crippen LogP contribution in [-0.2, 0) is 0 Å². The number of pyridine rings is 1. The molecule has 1 aliphatic rings. The van der Waals surface area contributed by atoms with E-state index >= 15 is 0 Å². The molecule has 3 aromatic rings. The van der Waals surface area contributed by atoms with Crippen molar-refractivity contribution in [1.29, 1.82) is 0 Å². The summed E-state index contributed by atoms with van der Waals surface area (Å²) in [5, 5.41) is 4.07. The molecule has 144 valence electrons. The van der Waals surface area contributed by atoms with Crippen LogP contribution in [0.3, 0.4) is 0 Å². The molecular formula is C22H23N3O2S. The average molecular weight is 394 g/mol. The predicted molar refractivity (Wildman–Crippen MR) is 114 cm³/mol. The van der Waals surface area contributed by atoms with Crippen molar-refractivity contribution in [2.24, 2.45) is 0 Å². The Morgan fingerprint density at radius 1 is 1.11 bits per heavy atom. The number of anilines is 1. The Morgan fingerprint density at radius 3 is 2.50 bits per heavy atom. The normalized spacial score (nSPS) is 19.1. The lowest BCUT2D eigenvalue weighted by atomic mass is 10.0. The van der Waals surface area contributed by atoms with E-state index in [1.54, 1.807) is 6.20 Å². The summed E-state index contributed by atoms with van der Waals surface area (Å²) in [6.45, 7) is 5.97. The summed E-state index contributed by atoms with van der Waals surface area (Å²) in [7, 11) is 0. The summed E-state index contributed by atoms with van der Waals surface area (Å²) in [6.07, 6.45) is 1.93. The van der Waals surface area contributed by atoms with E-state index in [2.05, 4.69) is 15.2 Å². The van der Waals surface area contributed by atoms with Gasteiger partial charge in [-0.3, -0.25) is 4.98 Å². The molecule has 2 aromatic heterocycles. The molecule has 4 rings (SSSR count). The number of aryl methyl sites for hydroxylation is 1. The monoisotopic (exact) mass is 393 g/mol. The Morgan fingerprint density at radius 2 is 1.89 bits per heavy atom. The van der Waals surface area contributed by atoms with Gasteiger partial charge in [-0.15, -0.1) is 0 Å². The number of furan rings is 1. The number of hydrogen-bond acceptors (Lipinski definition) is 4. The van der Waals surface area contributed by atoms with Gasteiger partial charge >= 0.3 is 0 Å². The topological polar surface area (TPSA) is 50.5 Å². The van der Waals surface area contributed by atoms with Crippen molar-refractivity contribution in [2.75, 3.05) is 4.90 Å². The molecule has 0 bridgehead atoms. The summed E-state index contributed by atoms with van der Waals surface area (Å²) in [5.41, 5.74) is 1.90. The van der Waals surface area contributed by atoms with Gasteiger partial charge in [-0.05, 0) is 81.5 Å². The minimum atomic E-state index is -0.132. The van der Waals surface area contributed by atoms with Gasteiger partial charge in [-0.2, -0.15) is 0 Å². The lowest BCUT2D eigenvalue weighted by molar-refractivity contribution is 0.242. The fraction of sp³-hybridized carbons (Fsp3) is 0.273. The van der Waals surface area contributed by atoms with E-state index in [9.17, 15) is 0 Å². The quantitative estimate of drug-likeness (QED) is 0.619. The van der Waals surface area contributed by atoms with Gasteiger partial charge in [0.1, 0.15) is 23.3 Å². The zero-order valence-corrected chi connectivity index (χ0v) is 16.9. The maximum absolute atomic E-state index is 6.00. The molecule has 0 unspecified atom stereocenters. The second-order valence-electron chi connectivity index (χ2n) is 7.11. The van der Waals surface area contributed by atoms with Crippen molar-refractivity contribution in [1.82, 2.24) is 10.3 Å². The Hall–Kier alpha value is -2.86. The fourth-order valence-corrected chi connectivity index (χ4v) is 3.84. The van der Waals surface area contributed by atoms with Gasteiger partial charge in [-0.1, -0.05) is 6.07 Å². The van der Waals surface area contributed by atoms with Crippen LogP contribution in [0.1, 0.15) is 43.1 Å². The van der Waals surface area contributed by atoms with Crippen molar-refractivity contribution in [3.05, 3.63) is 78.0 Å². The van der Waals surface area contributed by atoms with Crippen LogP contribution in [0.5, 0.6) is 5.75 Å². The van der Waals surface area contributed by atoms with Crippen LogP contribution >= 0.6 is 12.2 Å². The Bertz CT molecular complexity index is 953. The third-order valence-corrected chi connectivity index (χ3v) is 4.95. The molecule has 1 saturated heterocycles. The van der Waals surface area contributed by atoms with Crippen LogP contribution in [0.15, 0.2) is 65.2 Å².